The van der Waals surface area contributed by atoms with Crippen LogP contribution in [0, 0.1) is 0 Å². The molecule has 1 amide bonds. The molecule has 2 heterocycles. The Morgan fingerprint density at radius 3 is 2.67 bits per heavy atom. The van der Waals surface area contributed by atoms with Crippen molar-refractivity contribution in [1.82, 2.24) is 9.62 Å². The van der Waals surface area contributed by atoms with Crippen LogP contribution in [-0.4, -0.2) is 58.6 Å². The van der Waals surface area contributed by atoms with Crippen molar-refractivity contribution in [3.63, 3.8) is 0 Å². The molecular weight excluding hydrogens is 468 g/mol. The Balaban J connectivity index is 1.28. The molecule has 33 heavy (non-hydrogen) atoms. The summed E-state index contributed by atoms with van der Waals surface area (Å²) in [5, 5.41) is 1.94. The summed E-state index contributed by atoms with van der Waals surface area (Å²) < 4.78 is 43.3. The van der Waals surface area contributed by atoms with Gasteiger partial charge >= 0.3 is 5.97 Å². The van der Waals surface area contributed by atoms with Gasteiger partial charge in [-0.25, -0.2) is 13.1 Å². The smallest absolute Gasteiger partial charge is 0.306 e. The summed E-state index contributed by atoms with van der Waals surface area (Å²) in [7, 11) is -1.99. The normalized spacial score (nSPS) is 12.9. The second-order valence-electron chi connectivity index (χ2n) is 7.50. The van der Waals surface area contributed by atoms with E-state index in [0.29, 0.717) is 50.5 Å². The minimum Gasteiger partial charge on any atom is -0.486 e. The molecule has 1 aromatic heterocycles. The Morgan fingerprint density at radius 1 is 1.12 bits per heavy atom. The highest BCUT2D eigenvalue weighted by molar-refractivity contribution is 7.89. The summed E-state index contributed by atoms with van der Waals surface area (Å²) in [6.07, 6.45) is 1.94. The van der Waals surface area contributed by atoms with E-state index >= 15 is 0 Å². The van der Waals surface area contributed by atoms with Crippen LogP contribution in [-0.2, 0) is 30.9 Å². The summed E-state index contributed by atoms with van der Waals surface area (Å²) in [6, 6.07) is 8.37. The van der Waals surface area contributed by atoms with Crippen molar-refractivity contribution >= 4 is 33.2 Å². The second-order valence-corrected chi connectivity index (χ2v) is 10.3. The molecule has 0 radical (unpaired) electrons. The van der Waals surface area contributed by atoms with Gasteiger partial charge in [-0.3, -0.25) is 9.59 Å². The fraction of sp³-hybridized carbons (Fsp3) is 0.455. The Kier molecular flexibility index (Phi) is 9.10. The average Bonchev–Trinajstić information content (AvgIpc) is 3.32. The maximum atomic E-state index is 12.4. The summed E-state index contributed by atoms with van der Waals surface area (Å²) in [6.45, 7) is 1.27. The topological polar surface area (TPSA) is 111 Å². The molecule has 180 valence electrons. The number of ether oxygens (including phenoxy) is 3. The Hall–Kier alpha value is -2.63. The van der Waals surface area contributed by atoms with Crippen molar-refractivity contribution in [1.29, 1.82) is 0 Å². The molecule has 0 fully saturated rings. The van der Waals surface area contributed by atoms with Crippen LogP contribution < -0.4 is 14.2 Å². The van der Waals surface area contributed by atoms with Gasteiger partial charge in [0.05, 0.1) is 11.4 Å². The molecule has 1 aliphatic rings. The van der Waals surface area contributed by atoms with E-state index in [1.54, 1.807) is 24.5 Å². The van der Waals surface area contributed by atoms with E-state index in [1.807, 2.05) is 17.5 Å². The van der Waals surface area contributed by atoms with Crippen LogP contribution in [0.2, 0.25) is 0 Å². The number of rotatable bonds is 12. The van der Waals surface area contributed by atoms with Gasteiger partial charge in [0.15, 0.2) is 18.1 Å². The first kappa shape index (κ1) is 25.0. The number of amides is 1. The molecule has 1 aliphatic heterocycles. The van der Waals surface area contributed by atoms with E-state index in [4.69, 9.17) is 14.2 Å². The zero-order valence-corrected chi connectivity index (χ0v) is 20.1. The lowest BCUT2D eigenvalue weighted by atomic mass is 10.2. The van der Waals surface area contributed by atoms with Crippen LogP contribution >= 0.6 is 11.3 Å². The highest BCUT2D eigenvalue weighted by atomic mass is 32.2. The molecular formula is C22H28N2O7S2. The lowest BCUT2D eigenvalue weighted by Gasteiger charge is -2.18. The minimum atomic E-state index is -3.66. The van der Waals surface area contributed by atoms with Gasteiger partial charge in [0, 0.05) is 31.0 Å². The van der Waals surface area contributed by atoms with Gasteiger partial charge in [0.2, 0.25) is 10.0 Å². The van der Waals surface area contributed by atoms with Crippen LogP contribution in [0.3, 0.4) is 0 Å². The molecule has 11 heteroatoms. The molecule has 0 atom stereocenters. The number of thiophene rings is 1. The first-order chi connectivity index (χ1) is 15.8. The standard InChI is InChI=1S/C22H28N2O7S2/c1-24(15-17-6-5-13-32-17)21(25)16-31-22(26)7-3-2-4-10-23-33(27,28)18-8-9-19-20(14-18)30-12-11-29-19/h5-6,8-9,13-14,23H,2-4,7,10-12,15-16H2,1H3. The second kappa shape index (κ2) is 12.0. The lowest BCUT2D eigenvalue weighted by Crippen LogP contribution is -2.30. The SMILES string of the molecule is CN(Cc1cccs1)C(=O)COC(=O)CCCCCNS(=O)(=O)c1ccc2c(c1)OCCO2. The number of hydrogen-bond donors (Lipinski definition) is 1. The lowest BCUT2D eigenvalue weighted by molar-refractivity contribution is -0.151. The first-order valence-corrected chi connectivity index (χ1v) is 13.0. The molecule has 2 aromatic rings. The van der Waals surface area contributed by atoms with E-state index in [1.165, 1.54) is 17.0 Å². The molecule has 0 saturated carbocycles. The number of sulfonamides is 1. The molecule has 3 rings (SSSR count). The molecule has 0 bridgehead atoms. The van der Waals surface area contributed by atoms with Gasteiger partial charge in [0.1, 0.15) is 13.2 Å². The minimum absolute atomic E-state index is 0.115. The summed E-state index contributed by atoms with van der Waals surface area (Å²) in [5.74, 6) is 0.247. The maximum absolute atomic E-state index is 12.4. The number of carbonyl (C=O) groups is 2. The average molecular weight is 497 g/mol. The Morgan fingerprint density at radius 2 is 1.91 bits per heavy atom. The molecule has 0 saturated heterocycles. The van der Waals surface area contributed by atoms with Crippen molar-refractivity contribution in [3.8, 4) is 11.5 Å². The number of unbranched alkanes of at least 4 members (excludes halogenated alkanes) is 2. The third-order valence-corrected chi connectivity index (χ3v) is 7.25. The predicted octanol–water partition coefficient (Wildman–Crippen LogP) is 2.56. The first-order valence-electron chi connectivity index (χ1n) is 10.7. The van der Waals surface area contributed by atoms with E-state index in [0.717, 1.165) is 4.88 Å². The quantitative estimate of drug-likeness (QED) is 0.355. The molecule has 9 nitrogen and oxygen atoms in total. The van der Waals surface area contributed by atoms with E-state index < -0.39 is 16.0 Å². The van der Waals surface area contributed by atoms with E-state index in [2.05, 4.69) is 4.72 Å². The van der Waals surface area contributed by atoms with Gasteiger partial charge < -0.3 is 19.1 Å². The number of nitrogens with zero attached hydrogens (tertiary/aromatic N) is 1. The Bertz CT molecular complexity index is 1040. The van der Waals surface area contributed by atoms with Crippen LogP contribution in [0.15, 0.2) is 40.6 Å². The van der Waals surface area contributed by atoms with Crippen molar-refractivity contribution in [2.75, 3.05) is 33.4 Å². The molecule has 0 unspecified atom stereocenters. The number of hydrogen-bond acceptors (Lipinski definition) is 8. The fourth-order valence-corrected chi connectivity index (χ4v) is 4.95. The highest BCUT2D eigenvalue weighted by Crippen LogP contribution is 2.32. The van der Waals surface area contributed by atoms with Gasteiger partial charge in [-0.05, 0) is 36.4 Å². The number of likely N-dealkylation sites (N-methyl/N-ethyl adjacent to an activating group) is 1. The van der Waals surface area contributed by atoms with Crippen LogP contribution in [0.4, 0.5) is 0 Å². The number of fused-ring (bicyclic) bond motifs is 1. The van der Waals surface area contributed by atoms with Crippen molar-refractivity contribution in [2.24, 2.45) is 0 Å². The molecule has 0 aliphatic carbocycles. The number of benzene rings is 1. The van der Waals surface area contributed by atoms with E-state index in [-0.39, 0.29) is 30.4 Å². The third kappa shape index (κ3) is 7.72. The molecule has 1 N–H and O–H groups in total. The number of esters is 1. The van der Waals surface area contributed by atoms with Gasteiger partial charge in [-0.15, -0.1) is 11.3 Å². The van der Waals surface area contributed by atoms with Crippen molar-refractivity contribution < 1.29 is 32.2 Å². The zero-order chi connectivity index (χ0) is 23.7. The zero-order valence-electron chi connectivity index (χ0n) is 18.4. The monoisotopic (exact) mass is 496 g/mol. The van der Waals surface area contributed by atoms with Gasteiger partial charge in [-0.1, -0.05) is 12.5 Å². The van der Waals surface area contributed by atoms with Crippen molar-refractivity contribution in [2.45, 2.75) is 37.1 Å². The summed E-state index contributed by atoms with van der Waals surface area (Å²) in [5.41, 5.74) is 0. The highest BCUT2D eigenvalue weighted by Gasteiger charge is 2.19. The van der Waals surface area contributed by atoms with Gasteiger partial charge in [0.25, 0.3) is 5.91 Å². The Labute approximate surface area is 197 Å². The van der Waals surface area contributed by atoms with Crippen molar-refractivity contribution in [3.05, 3.63) is 40.6 Å². The van der Waals surface area contributed by atoms with Crippen LogP contribution in [0.25, 0.3) is 0 Å². The summed E-state index contributed by atoms with van der Waals surface area (Å²) in [4.78, 5) is 26.6. The molecule has 0 spiro atoms. The van der Waals surface area contributed by atoms with Crippen LogP contribution in [0.5, 0.6) is 11.5 Å². The number of carbonyl (C=O) groups excluding carboxylic acids is 2. The summed E-state index contributed by atoms with van der Waals surface area (Å²) >= 11 is 1.56. The third-order valence-electron chi connectivity index (χ3n) is 4.93. The number of nitrogens with one attached hydrogen (secondary N) is 1. The fourth-order valence-electron chi connectivity index (χ4n) is 3.10. The van der Waals surface area contributed by atoms with Gasteiger partial charge in [-0.2, -0.15) is 0 Å². The predicted molar refractivity (Wildman–Crippen MR) is 123 cm³/mol. The molecule has 1 aromatic carbocycles. The maximum Gasteiger partial charge on any atom is 0.306 e. The van der Waals surface area contributed by atoms with E-state index in [9.17, 15) is 18.0 Å². The van der Waals surface area contributed by atoms with Crippen LogP contribution in [0.1, 0.15) is 30.6 Å². The largest absolute Gasteiger partial charge is 0.486 e.